The summed E-state index contributed by atoms with van der Waals surface area (Å²) in [5, 5.41) is 8.56. The van der Waals surface area contributed by atoms with Gasteiger partial charge in [0.2, 0.25) is 11.8 Å². The third-order valence-corrected chi connectivity index (χ3v) is 10.1. The van der Waals surface area contributed by atoms with Crippen molar-refractivity contribution in [1.29, 1.82) is 0 Å². The maximum Gasteiger partial charge on any atom is 0.416 e. The SMILES string of the molecule is Cc1cccc(F)c1C(=O)N1CCC[C@H](C(=O)Nc2ccc(COC(=O)[C@@H](NC(=O)CN)C(C)C)c(C(F)(F)F)c2)C1c1ccc(NC2CCCC2)cc1. The third-order valence-electron chi connectivity index (χ3n) is 10.1. The van der Waals surface area contributed by atoms with Crippen LogP contribution in [0.15, 0.2) is 60.7 Å². The smallest absolute Gasteiger partial charge is 0.416 e. The molecule has 14 heteroatoms. The molecule has 10 nitrogen and oxygen atoms in total. The molecule has 3 amide bonds. The minimum atomic E-state index is -4.88. The lowest BCUT2D eigenvalue weighted by Gasteiger charge is -2.41. The minimum Gasteiger partial charge on any atom is -0.459 e. The molecule has 1 saturated heterocycles. The number of nitrogens with one attached hydrogen (secondary N) is 3. The molecular formula is C40H47F4N5O5. The summed E-state index contributed by atoms with van der Waals surface area (Å²) in [7, 11) is 0. The van der Waals surface area contributed by atoms with E-state index in [1.807, 2.05) is 24.3 Å². The normalized spacial score (nSPS) is 18.3. The molecule has 290 valence electrons. The number of ether oxygens (including phenoxy) is 1. The van der Waals surface area contributed by atoms with Crippen LogP contribution in [0.3, 0.4) is 0 Å². The van der Waals surface area contributed by atoms with Crippen LogP contribution in [0, 0.1) is 24.6 Å². The zero-order valence-corrected chi connectivity index (χ0v) is 30.6. The van der Waals surface area contributed by atoms with Crippen molar-refractivity contribution >= 4 is 35.1 Å². The zero-order chi connectivity index (χ0) is 39.2. The second kappa shape index (κ2) is 17.4. The molecule has 0 bridgehead atoms. The molecule has 0 aromatic heterocycles. The van der Waals surface area contributed by atoms with Crippen LogP contribution in [-0.2, 0) is 31.9 Å². The molecule has 3 aromatic rings. The molecule has 0 spiro atoms. The molecular weight excluding hydrogens is 706 g/mol. The average Bonchev–Trinajstić information content (AvgIpc) is 3.65. The number of nitrogens with two attached hydrogens (primary N) is 1. The molecule has 1 saturated carbocycles. The summed E-state index contributed by atoms with van der Waals surface area (Å²) in [5.74, 6) is -4.75. The van der Waals surface area contributed by atoms with Crippen LogP contribution in [0.5, 0.6) is 0 Å². The Morgan fingerprint density at radius 1 is 0.944 bits per heavy atom. The molecule has 5 N–H and O–H groups in total. The maximum absolute atomic E-state index is 15.1. The highest BCUT2D eigenvalue weighted by molar-refractivity contribution is 5.98. The molecule has 3 aromatic carbocycles. The van der Waals surface area contributed by atoms with E-state index in [9.17, 15) is 32.3 Å². The summed E-state index contributed by atoms with van der Waals surface area (Å²) in [6.07, 6.45) is 0.260. The van der Waals surface area contributed by atoms with Gasteiger partial charge in [0.1, 0.15) is 18.5 Å². The highest BCUT2D eigenvalue weighted by atomic mass is 19.4. The monoisotopic (exact) mass is 753 g/mol. The quantitative estimate of drug-likeness (QED) is 0.117. The van der Waals surface area contributed by atoms with Gasteiger partial charge in [-0.25, -0.2) is 9.18 Å². The van der Waals surface area contributed by atoms with Crippen LogP contribution in [0.1, 0.15) is 91.0 Å². The van der Waals surface area contributed by atoms with Gasteiger partial charge in [-0.1, -0.05) is 57.0 Å². The minimum absolute atomic E-state index is 0.101. The first-order chi connectivity index (χ1) is 25.7. The van der Waals surface area contributed by atoms with Crippen molar-refractivity contribution in [3.8, 4) is 0 Å². The summed E-state index contributed by atoms with van der Waals surface area (Å²) in [6, 6.07) is 13.3. The number of rotatable bonds is 12. The number of amides is 3. The van der Waals surface area contributed by atoms with E-state index in [4.69, 9.17) is 10.5 Å². The number of carbonyl (C=O) groups excluding carboxylic acids is 4. The second-order valence-electron chi connectivity index (χ2n) is 14.3. The summed E-state index contributed by atoms with van der Waals surface area (Å²) >= 11 is 0. The molecule has 1 unspecified atom stereocenters. The number of likely N-dealkylation sites (tertiary alicyclic amines) is 1. The van der Waals surface area contributed by atoms with Gasteiger partial charge in [0.05, 0.1) is 29.6 Å². The maximum atomic E-state index is 15.1. The summed E-state index contributed by atoms with van der Waals surface area (Å²) in [5.41, 5.74) is 5.53. The van der Waals surface area contributed by atoms with Gasteiger partial charge in [-0.15, -0.1) is 0 Å². The van der Waals surface area contributed by atoms with E-state index in [1.54, 1.807) is 26.8 Å². The van der Waals surface area contributed by atoms with Gasteiger partial charge in [0.15, 0.2) is 0 Å². The standard InChI is InChI=1S/C40H47F4N5O5/c1-23(2)35(48-33(50)21-45)39(53)54-22-26-15-18-29(20-31(26)40(42,43)44)47-37(51)30-11-7-19-49(38(52)34-24(3)8-6-12-32(34)41)36(30)25-13-16-28(17-14-25)46-27-9-4-5-10-27/h6,8,12-18,20,23,27,30,35-36,46H,4-5,7,9-11,19,21-22,45H2,1-3H3,(H,47,51)(H,48,50)/t30-,35-,36?/m0/s1. The Morgan fingerprint density at radius 2 is 1.63 bits per heavy atom. The predicted molar refractivity (Wildman–Crippen MR) is 196 cm³/mol. The first kappa shape index (κ1) is 40.2. The Bertz CT molecular complexity index is 1810. The first-order valence-corrected chi connectivity index (χ1v) is 18.3. The van der Waals surface area contributed by atoms with Crippen molar-refractivity contribution in [2.45, 2.75) is 90.2 Å². The van der Waals surface area contributed by atoms with E-state index in [-0.39, 0.29) is 29.9 Å². The molecule has 1 aliphatic carbocycles. The average molecular weight is 754 g/mol. The fourth-order valence-corrected chi connectivity index (χ4v) is 7.29. The molecule has 1 heterocycles. The summed E-state index contributed by atoms with van der Waals surface area (Å²) < 4.78 is 63.4. The topological polar surface area (TPSA) is 143 Å². The molecule has 5 rings (SSSR count). The number of piperidine rings is 1. The van der Waals surface area contributed by atoms with Gasteiger partial charge in [0.25, 0.3) is 5.91 Å². The lowest BCUT2D eigenvalue weighted by molar-refractivity contribution is -0.152. The highest BCUT2D eigenvalue weighted by Crippen LogP contribution is 2.40. The fourth-order valence-electron chi connectivity index (χ4n) is 7.29. The number of carbonyl (C=O) groups is 4. The molecule has 1 aliphatic heterocycles. The van der Waals surface area contributed by atoms with Crippen LogP contribution in [0.2, 0.25) is 0 Å². The number of aryl methyl sites for hydroxylation is 1. The Labute approximate surface area is 312 Å². The second-order valence-corrected chi connectivity index (χ2v) is 14.3. The van der Waals surface area contributed by atoms with Crippen molar-refractivity contribution in [3.63, 3.8) is 0 Å². The van der Waals surface area contributed by atoms with Crippen molar-refractivity contribution in [3.05, 3.63) is 94.3 Å². The van der Waals surface area contributed by atoms with E-state index in [1.165, 1.54) is 23.1 Å². The van der Waals surface area contributed by atoms with E-state index >= 15 is 4.39 Å². The number of esters is 1. The van der Waals surface area contributed by atoms with Crippen LogP contribution < -0.4 is 21.7 Å². The van der Waals surface area contributed by atoms with Gasteiger partial charge in [0, 0.05) is 29.5 Å². The Morgan fingerprint density at radius 3 is 2.26 bits per heavy atom. The molecule has 0 radical (unpaired) electrons. The van der Waals surface area contributed by atoms with Gasteiger partial charge in [-0.3, -0.25) is 14.4 Å². The fraction of sp³-hybridized carbons (Fsp3) is 0.450. The Kier molecular flexibility index (Phi) is 13.0. The predicted octanol–water partition coefficient (Wildman–Crippen LogP) is 6.88. The number of alkyl halides is 3. The number of nitrogens with zero attached hydrogens (tertiary/aromatic N) is 1. The zero-order valence-electron chi connectivity index (χ0n) is 30.6. The third kappa shape index (κ3) is 9.57. The van der Waals surface area contributed by atoms with E-state index in [0.29, 0.717) is 30.0 Å². The number of benzene rings is 3. The van der Waals surface area contributed by atoms with Crippen LogP contribution >= 0.6 is 0 Å². The Hall–Kier alpha value is -4.98. The lowest BCUT2D eigenvalue weighted by Crippen LogP contribution is -2.47. The van der Waals surface area contributed by atoms with Crippen molar-refractivity contribution in [2.24, 2.45) is 17.6 Å². The molecule has 2 fully saturated rings. The van der Waals surface area contributed by atoms with Gasteiger partial charge in [-0.2, -0.15) is 13.2 Å². The van der Waals surface area contributed by atoms with E-state index in [0.717, 1.165) is 43.5 Å². The molecule has 54 heavy (non-hydrogen) atoms. The number of halogens is 4. The van der Waals surface area contributed by atoms with Gasteiger partial charge in [-0.05, 0) is 80.0 Å². The van der Waals surface area contributed by atoms with E-state index < -0.39 is 71.8 Å². The first-order valence-electron chi connectivity index (χ1n) is 18.3. The largest absolute Gasteiger partial charge is 0.459 e. The van der Waals surface area contributed by atoms with Crippen LogP contribution in [0.4, 0.5) is 28.9 Å². The lowest BCUT2D eigenvalue weighted by atomic mass is 9.83. The van der Waals surface area contributed by atoms with Crippen molar-refractivity contribution in [2.75, 3.05) is 23.7 Å². The number of hydrogen-bond acceptors (Lipinski definition) is 7. The van der Waals surface area contributed by atoms with Crippen molar-refractivity contribution in [1.82, 2.24) is 10.2 Å². The number of anilines is 2. The summed E-state index contributed by atoms with van der Waals surface area (Å²) in [6.45, 7) is 4.02. The van der Waals surface area contributed by atoms with Gasteiger partial charge >= 0.3 is 12.1 Å². The van der Waals surface area contributed by atoms with Crippen LogP contribution in [0.25, 0.3) is 0 Å². The van der Waals surface area contributed by atoms with Crippen LogP contribution in [-0.4, -0.2) is 53.8 Å². The summed E-state index contributed by atoms with van der Waals surface area (Å²) in [4.78, 5) is 54.1. The Balaban J connectivity index is 1.41. The molecule has 2 aliphatic rings. The van der Waals surface area contributed by atoms with Gasteiger partial charge < -0.3 is 31.3 Å². The van der Waals surface area contributed by atoms with E-state index in [2.05, 4.69) is 16.0 Å². The molecule has 3 atom stereocenters. The van der Waals surface area contributed by atoms with Crippen molar-refractivity contribution < 1.29 is 41.5 Å². The highest BCUT2D eigenvalue weighted by Gasteiger charge is 2.41. The number of hydrogen-bond donors (Lipinski definition) is 4.